The molecule has 0 radical (unpaired) electrons. The summed E-state index contributed by atoms with van der Waals surface area (Å²) in [4.78, 5) is 15.8. The number of amides is 1. The van der Waals surface area contributed by atoms with Crippen LogP contribution in [0.25, 0.3) is 11.3 Å². The third-order valence-electron chi connectivity index (χ3n) is 4.55. The maximum absolute atomic E-state index is 12.9. The normalized spacial score (nSPS) is 11.9. The van der Waals surface area contributed by atoms with E-state index in [1.165, 1.54) is 6.07 Å². The van der Waals surface area contributed by atoms with Crippen LogP contribution in [-0.2, 0) is 27.4 Å². The van der Waals surface area contributed by atoms with Gasteiger partial charge in [-0.1, -0.05) is 18.2 Å². The summed E-state index contributed by atoms with van der Waals surface area (Å²) in [5.74, 6) is -1.51. The van der Waals surface area contributed by atoms with E-state index in [-0.39, 0.29) is 18.0 Å². The molecule has 0 aliphatic rings. The second kappa shape index (κ2) is 10.1. The summed E-state index contributed by atoms with van der Waals surface area (Å²) in [6, 6.07) is 13.3. The first-order valence-electron chi connectivity index (χ1n) is 9.63. The first-order chi connectivity index (χ1) is 15.5. The van der Waals surface area contributed by atoms with Crippen molar-refractivity contribution in [2.75, 3.05) is 12.4 Å². The zero-order chi connectivity index (χ0) is 24.1. The lowest BCUT2D eigenvalue weighted by molar-refractivity contribution is -0.137. The molecule has 0 fully saturated rings. The summed E-state index contributed by atoms with van der Waals surface area (Å²) >= 11 is 0. The van der Waals surface area contributed by atoms with E-state index in [4.69, 9.17) is 0 Å². The van der Waals surface area contributed by atoms with E-state index < -0.39 is 39.2 Å². The highest BCUT2D eigenvalue weighted by molar-refractivity contribution is 7.91. The van der Waals surface area contributed by atoms with E-state index in [1.54, 1.807) is 24.3 Å². The topological polar surface area (TPSA) is 88.2 Å². The third-order valence-corrected chi connectivity index (χ3v) is 6.13. The first kappa shape index (κ1) is 24.3. The fraction of sp³-hybridized carbons (Fsp3) is 0.182. The number of hydrogen-bond acceptors (Lipinski definition) is 5. The van der Waals surface area contributed by atoms with Crippen LogP contribution in [0.5, 0.6) is 0 Å². The number of nitrogens with zero attached hydrogens (tertiary/aromatic N) is 1. The molecule has 0 aliphatic carbocycles. The van der Waals surface area contributed by atoms with E-state index >= 15 is 0 Å². The summed E-state index contributed by atoms with van der Waals surface area (Å²) in [5, 5.41) is 5.16. The number of rotatable bonds is 8. The lowest BCUT2D eigenvalue weighted by Gasteiger charge is -2.10. The van der Waals surface area contributed by atoms with Crippen molar-refractivity contribution >= 4 is 15.7 Å². The quantitative estimate of drug-likeness (QED) is 0.380. The van der Waals surface area contributed by atoms with Crippen molar-refractivity contribution in [3.05, 3.63) is 83.8 Å². The number of alkyl halides is 3. The van der Waals surface area contributed by atoms with Crippen molar-refractivity contribution in [1.82, 2.24) is 15.6 Å². The van der Waals surface area contributed by atoms with E-state index in [2.05, 4.69) is 15.6 Å². The van der Waals surface area contributed by atoms with Gasteiger partial charge in [-0.05, 0) is 48.0 Å². The maximum atomic E-state index is 12.9. The fourth-order valence-electron chi connectivity index (χ4n) is 2.86. The highest BCUT2D eigenvalue weighted by Gasteiger charge is 2.30. The Morgan fingerprint density at radius 2 is 1.73 bits per heavy atom. The molecule has 0 saturated heterocycles. The van der Waals surface area contributed by atoms with E-state index in [9.17, 15) is 30.8 Å². The summed E-state index contributed by atoms with van der Waals surface area (Å²) in [6.07, 6.45) is -3.71. The number of pyridine rings is 1. The minimum absolute atomic E-state index is 0.0644. The predicted octanol–water partition coefficient (Wildman–Crippen LogP) is 3.54. The molecule has 2 aromatic carbocycles. The smallest absolute Gasteiger partial charge is 0.351 e. The van der Waals surface area contributed by atoms with Gasteiger partial charge in [0.1, 0.15) is 11.7 Å². The second-order valence-electron chi connectivity index (χ2n) is 7.05. The van der Waals surface area contributed by atoms with E-state index in [0.717, 1.165) is 36.5 Å². The third kappa shape index (κ3) is 6.83. The van der Waals surface area contributed by atoms with Crippen LogP contribution < -0.4 is 10.6 Å². The van der Waals surface area contributed by atoms with Gasteiger partial charge in [0, 0.05) is 18.3 Å². The number of carbonyl (C=O) groups excluding carboxylic acids is 1. The Balaban J connectivity index is 1.52. The Bertz CT molecular complexity index is 1210. The Morgan fingerprint density at radius 1 is 1.00 bits per heavy atom. The summed E-state index contributed by atoms with van der Waals surface area (Å²) in [7, 11) is -3.72. The van der Waals surface area contributed by atoms with Gasteiger partial charge in [-0.15, -0.1) is 0 Å². The molecule has 1 amide bonds. The highest BCUT2D eigenvalue weighted by Crippen LogP contribution is 2.29. The lowest BCUT2D eigenvalue weighted by Crippen LogP contribution is -2.35. The molecule has 0 spiro atoms. The predicted molar refractivity (Wildman–Crippen MR) is 113 cm³/mol. The van der Waals surface area contributed by atoms with Gasteiger partial charge in [0.15, 0.2) is 9.84 Å². The van der Waals surface area contributed by atoms with Gasteiger partial charge in [0.05, 0.1) is 22.7 Å². The Kier molecular flexibility index (Phi) is 7.44. The van der Waals surface area contributed by atoms with Crippen LogP contribution in [0.2, 0.25) is 0 Å². The van der Waals surface area contributed by atoms with Crippen LogP contribution in [0.4, 0.5) is 17.6 Å². The van der Waals surface area contributed by atoms with Crippen molar-refractivity contribution in [2.45, 2.75) is 17.6 Å². The zero-order valence-corrected chi connectivity index (χ0v) is 17.9. The van der Waals surface area contributed by atoms with Crippen molar-refractivity contribution in [3.8, 4) is 11.3 Å². The molecule has 0 bridgehead atoms. The molecule has 0 unspecified atom stereocenters. The van der Waals surface area contributed by atoms with Crippen molar-refractivity contribution in [3.63, 3.8) is 0 Å². The first-order valence-corrected chi connectivity index (χ1v) is 11.3. The van der Waals surface area contributed by atoms with Gasteiger partial charge < -0.3 is 5.32 Å². The number of halogens is 4. The van der Waals surface area contributed by atoms with Crippen LogP contribution in [0.1, 0.15) is 11.1 Å². The van der Waals surface area contributed by atoms with Crippen LogP contribution in [0.3, 0.4) is 0 Å². The molecule has 33 heavy (non-hydrogen) atoms. The van der Waals surface area contributed by atoms with Crippen molar-refractivity contribution in [1.29, 1.82) is 0 Å². The molecule has 1 aromatic heterocycles. The van der Waals surface area contributed by atoms with Gasteiger partial charge in [0.25, 0.3) is 0 Å². The Hall–Kier alpha value is -3.31. The lowest BCUT2D eigenvalue weighted by atomic mass is 10.1. The molecule has 11 heteroatoms. The fourth-order valence-corrected chi connectivity index (χ4v) is 3.95. The van der Waals surface area contributed by atoms with E-state index in [1.807, 2.05) is 0 Å². The SMILES string of the molecule is O=C(CNCS(=O)(=O)c1ccc(F)cc1)NCc1cccc(-c2ccc(C(F)(F)F)cn2)c1. The summed E-state index contributed by atoms with van der Waals surface area (Å²) in [5.41, 5.74) is 0.771. The monoisotopic (exact) mass is 481 g/mol. The zero-order valence-electron chi connectivity index (χ0n) is 17.1. The molecule has 3 aromatic rings. The number of sulfone groups is 1. The molecule has 3 rings (SSSR count). The van der Waals surface area contributed by atoms with E-state index in [0.29, 0.717) is 16.8 Å². The van der Waals surface area contributed by atoms with Crippen molar-refractivity contribution in [2.24, 2.45) is 0 Å². The van der Waals surface area contributed by atoms with Crippen LogP contribution >= 0.6 is 0 Å². The molecular weight excluding hydrogens is 462 g/mol. The number of aromatic nitrogens is 1. The molecule has 174 valence electrons. The van der Waals surface area contributed by atoms with Gasteiger partial charge in [0.2, 0.25) is 5.91 Å². The summed E-state index contributed by atoms with van der Waals surface area (Å²) in [6.45, 7) is -0.139. The Labute approximate surface area is 187 Å². The second-order valence-corrected chi connectivity index (χ2v) is 9.04. The highest BCUT2D eigenvalue weighted by atomic mass is 32.2. The van der Waals surface area contributed by atoms with Gasteiger partial charge in [-0.3, -0.25) is 15.1 Å². The minimum Gasteiger partial charge on any atom is -0.351 e. The standard InChI is InChI=1S/C22H19F4N3O3S/c23-18-5-7-19(8-6-18)33(31,32)14-27-13-21(30)29-11-15-2-1-3-16(10-15)20-9-4-17(12-28-20)22(24,25)26/h1-10,12,27H,11,13-14H2,(H,29,30). The number of hydrogen-bond donors (Lipinski definition) is 2. The Morgan fingerprint density at radius 3 is 2.36 bits per heavy atom. The molecule has 1 heterocycles. The number of carbonyl (C=O) groups is 1. The van der Waals surface area contributed by atoms with Crippen LogP contribution in [0, 0.1) is 5.82 Å². The molecule has 6 nitrogen and oxygen atoms in total. The molecular formula is C22H19F4N3O3S. The molecule has 2 N–H and O–H groups in total. The van der Waals surface area contributed by atoms with Crippen LogP contribution in [-0.4, -0.2) is 31.7 Å². The van der Waals surface area contributed by atoms with Gasteiger partial charge in [-0.2, -0.15) is 13.2 Å². The molecule has 0 aliphatic heterocycles. The summed E-state index contributed by atoms with van der Waals surface area (Å²) < 4.78 is 75.3. The van der Waals surface area contributed by atoms with Gasteiger partial charge >= 0.3 is 6.18 Å². The molecule has 0 atom stereocenters. The largest absolute Gasteiger partial charge is 0.417 e. The molecule has 0 saturated carbocycles. The van der Waals surface area contributed by atoms with Gasteiger partial charge in [-0.25, -0.2) is 12.8 Å². The van der Waals surface area contributed by atoms with Crippen LogP contribution in [0.15, 0.2) is 71.8 Å². The average molecular weight is 481 g/mol. The van der Waals surface area contributed by atoms with Crippen molar-refractivity contribution < 1.29 is 30.8 Å². The number of benzene rings is 2. The average Bonchev–Trinajstić information content (AvgIpc) is 2.77. The minimum atomic E-state index is -4.47. The number of nitrogens with one attached hydrogen (secondary N) is 2. The maximum Gasteiger partial charge on any atom is 0.417 e.